The number of aliphatic hydroxyl groups is 1. The van der Waals surface area contributed by atoms with E-state index in [9.17, 15) is 14.3 Å². The fraction of sp³-hybridized carbons (Fsp3) is 0.381. The maximum absolute atomic E-state index is 13.0. The lowest BCUT2D eigenvalue weighted by atomic mass is 9.80. The highest BCUT2D eigenvalue weighted by Gasteiger charge is 2.37. The largest absolute Gasteiger partial charge is 0.387 e. The van der Waals surface area contributed by atoms with Gasteiger partial charge in [-0.15, -0.1) is 0 Å². The van der Waals surface area contributed by atoms with E-state index in [4.69, 9.17) is 0 Å². The van der Waals surface area contributed by atoms with Crippen molar-refractivity contribution >= 4 is 5.91 Å². The number of nitrogens with zero attached hydrogens (tertiary/aromatic N) is 1. The van der Waals surface area contributed by atoms with Crippen molar-refractivity contribution < 1.29 is 14.3 Å². The normalized spacial score (nSPS) is 18.3. The molecule has 1 unspecified atom stereocenters. The van der Waals surface area contributed by atoms with E-state index in [2.05, 4.69) is 22.3 Å². The van der Waals surface area contributed by atoms with Gasteiger partial charge in [-0.3, -0.25) is 4.79 Å². The minimum absolute atomic E-state index is 0.0337. The molecule has 138 valence electrons. The zero-order chi connectivity index (χ0) is 18.6. The molecule has 1 aliphatic rings. The van der Waals surface area contributed by atoms with Gasteiger partial charge in [-0.05, 0) is 36.1 Å². The topological polar surface area (TPSA) is 52.6 Å². The van der Waals surface area contributed by atoms with Gasteiger partial charge in [0, 0.05) is 26.6 Å². The van der Waals surface area contributed by atoms with Crippen LogP contribution in [-0.2, 0) is 10.3 Å². The van der Waals surface area contributed by atoms with Crippen molar-refractivity contribution in [1.82, 2.24) is 10.2 Å². The third kappa shape index (κ3) is 4.29. The number of β-amino-alcohol motifs (C(OH)–C–C–N with tert-alkyl or cyclic N) is 1. The lowest BCUT2D eigenvalue weighted by Gasteiger charge is -2.43. The van der Waals surface area contributed by atoms with E-state index in [1.54, 1.807) is 19.1 Å². The van der Waals surface area contributed by atoms with Gasteiger partial charge in [-0.2, -0.15) is 0 Å². The molecule has 0 aromatic heterocycles. The van der Waals surface area contributed by atoms with Crippen molar-refractivity contribution in [2.75, 3.05) is 19.6 Å². The summed E-state index contributed by atoms with van der Waals surface area (Å²) in [6, 6.07) is 16.0. The zero-order valence-corrected chi connectivity index (χ0v) is 15.0. The second kappa shape index (κ2) is 7.98. The van der Waals surface area contributed by atoms with Crippen LogP contribution in [0.5, 0.6) is 0 Å². The molecule has 1 saturated heterocycles. The first-order valence-corrected chi connectivity index (χ1v) is 8.99. The van der Waals surface area contributed by atoms with Crippen molar-refractivity contribution in [3.05, 3.63) is 71.5 Å². The summed E-state index contributed by atoms with van der Waals surface area (Å²) >= 11 is 0. The second-order valence-corrected chi connectivity index (χ2v) is 7.00. The van der Waals surface area contributed by atoms with Crippen LogP contribution in [0.3, 0.4) is 0 Å². The highest BCUT2D eigenvalue weighted by Crippen LogP contribution is 2.33. The molecule has 2 aromatic rings. The summed E-state index contributed by atoms with van der Waals surface area (Å²) < 4.78 is 13.0. The fourth-order valence-electron chi connectivity index (χ4n) is 3.73. The predicted octanol–water partition coefficient (Wildman–Crippen LogP) is 2.99. The smallest absolute Gasteiger partial charge is 0.217 e. The van der Waals surface area contributed by atoms with Crippen molar-refractivity contribution in [3.8, 4) is 0 Å². The van der Waals surface area contributed by atoms with E-state index in [0.29, 0.717) is 12.1 Å². The molecule has 5 heteroatoms. The number of hydrogen-bond acceptors (Lipinski definition) is 3. The number of piperidine rings is 1. The lowest BCUT2D eigenvalue weighted by molar-refractivity contribution is -0.121. The first-order chi connectivity index (χ1) is 12.5. The summed E-state index contributed by atoms with van der Waals surface area (Å²) in [5.41, 5.74) is 1.48. The molecule has 1 aliphatic heterocycles. The Balaban J connectivity index is 1.66. The van der Waals surface area contributed by atoms with Gasteiger partial charge in [0.2, 0.25) is 5.91 Å². The maximum atomic E-state index is 13.0. The quantitative estimate of drug-likeness (QED) is 0.866. The molecule has 0 saturated carbocycles. The molecule has 1 amide bonds. The second-order valence-electron chi connectivity index (χ2n) is 7.00. The summed E-state index contributed by atoms with van der Waals surface area (Å²) in [7, 11) is 0. The van der Waals surface area contributed by atoms with Gasteiger partial charge < -0.3 is 15.3 Å². The van der Waals surface area contributed by atoms with Gasteiger partial charge >= 0.3 is 0 Å². The summed E-state index contributed by atoms with van der Waals surface area (Å²) in [6.45, 7) is 3.59. The van der Waals surface area contributed by atoms with Crippen LogP contribution in [0.4, 0.5) is 4.39 Å². The van der Waals surface area contributed by atoms with Gasteiger partial charge in [0.1, 0.15) is 5.82 Å². The highest BCUT2D eigenvalue weighted by atomic mass is 19.1. The standard InChI is InChI=1S/C21H25FN2O2/c1-16(25)23-21(18-5-3-2-4-6-18)11-13-24(14-12-21)15-20(26)17-7-9-19(22)10-8-17/h2-10,20,26H,11-15H2,1H3,(H,23,25). The Kier molecular flexibility index (Phi) is 5.69. The number of rotatable bonds is 5. The van der Waals surface area contributed by atoms with Crippen LogP contribution in [-0.4, -0.2) is 35.5 Å². The lowest BCUT2D eigenvalue weighted by Crippen LogP contribution is -2.53. The SMILES string of the molecule is CC(=O)NC1(c2ccccc2)CCN(CC(O)c2ccc(F)cc2)CC1. The molecule has 0 radical (unpaired) electrons. The van der Waals surface area contributed by atoms with Crippen LogP contribution >= 0.6 is 0 Å². The van der Waals surface area contributed by atoms with Crippen LogP contribution in [0.25, 0.3) is 0 Å². The molecule has 3 rings (SSSR count). The Bertz CT molecular complexity index is 725. The number of amides is 1. The van der Waals surface area contributed by atoms with Gasteiger partial charge in [-0.25, -0.2) is 4.39 Å². The van der Waals surface area contributed by atoms with Crippen molar-refractivity contribution in [1.29, 1.82) is 0 Å². The Labute approximate surface area is 153 Å². The summed E-state index contributed by atoms with van der Waals surface area (Å²) in [4.78, 5) is 14.0. The van der Waals surface area contributed by atoms with E-state index in [-0.39, 0.29) is 17.3 Å². The number of likely N-dealkylation sites (tertiary alicyclic amines) is 1. The van der Waals surface area contributed by atoms with Gasteiger partial charge in [0.25, 0.3) is 0 Å². The monoisotopic (exact) mass is 356 g/mol. The molecule has 1 atom stereocenters. The molecule has 4 nitrogen and oxygen atoms in total. The number of carbonyl (C=O) groups excluding carboxylic acids is 1. The number of benzene rings is 2. The zero-order valence-electron chi connectivity index (χ0n) is 15.0. The molecule has 2 aromatic carbocycles. The first-order valence-electron chi connectivity index (χ1n) is 8.99. The van der Waals surface area contributed by atoms with Crippen LogP contribution in [0.2, 0.25) is 0 Å². The molecule has 1 fully saturated rings. The minimum atomic E-state index is -0.652. The minimum Gasteiger partial charge on any atom is -0.387 e. The molecule has 2 N–H and O–H groups in total. The van der Waals surface area contributed by atoms with E-state index in [1.165, 1.54) is 12.1 Å². The average molecular weight is 356 g/mol. The van der Waals surface area contributed by atoms with Crippen LogP contribution in [0.15, 0.2) is 54.6 Å². The van der Waals surface area contributed by atoms with E-state index in [0.717, 1.165) is 31.5 Å². The third-order valence-corrected chi connectivity index (χ3v) is 5.14. The van der Waals surface area contributed by atoms with E-state index in [1.807, 2.05) is 18.2 Å². The third-order valence-electron chi connectivity index (χ3n) is 5.14. The number of aliphatic hydroxyl groups excluding tert-OH is 1. The highest BCUT2D eigenvalue weighted by molar-refractivity contribution is 5.74. The molecule has 0 aliphatic carbocycles. The number of nitrogens with one attached hydrogen (secondary N) is 1. The van der Waals surface area contributed by atoms with E-state index < -0.39 is 6.10 Å². The van der Waals surface area contributed by atoms with Crippen LogP contribution in [0.1, 0.15) is 37.0 Å². The van der Waals surface area contributed by atoms with Crippen molar-refractivity contribution in [2.24, 2.45) is 0 Å². The Morgan fingerprint density at radius 2 is 1.77 bits per heavy atom. The summed E-state index contributed by atoms with van der Waals surface area (Å²) in [5, 5.41) is 13.6. The van der Waals surface area contributed by atoms with Crippen LogP contribution < -0.4 is 5.32 Å². The molecule has 1 heterocycles. The predicted molar refractivity (Wildman–Crippen MR) is 99.0 cm³/mol. The molecule has 0 bridgehead atoms. The Morgan fingerprint density at radius 3 is 2.35 bits per heavy atom. The fourth-order valence-corrected chi connectivity index (χ4v) is 3.73. The molecule has 0 spiro atoms. The van der Waals surface area contributed by atoms with Gasteiger partial charge in [-0.1, -0.05) is 42.5 Å². The number of carbonyl (C=O) groups is 1. The van der Waals surface area contributed by atoms with Crippen molar-refractivity contribution in [3.63, 3.8) is 0 Å². The molecule has 26 heavy (non-hydrogen) atoms. The average Bonchev–Trinajstić information content (AvgIpc) is 2.64. The number of hydrogen-bond donors (Lipinski definition) is 2. The summed E-state index contributed by atoms with van der Waals surface area (Å²) in [6.07, 6.45) is 0.917. The summed E-state index contributed by atoms with van der Waals surface area (Å²) in [5.74, 6) is -0.337. The Hall–Kier alpha value is -2.24. The number of halogens is 1. The first kappa shape index (κ1) is 18.5. The molecular formula is C21H25FN2O2. The maximum Gasteiger partial charge on any atom is 0.217 e. The molecular weight excluding hydrogens is 331 g/mol. The van der Waals surface area contributed by atoms with Gasteiger partial charge in [0.15, 0.2) is 0 Å². The Morgan fingerprint density at radius 1 is 1.15 bits per heavy atom. The van der Waals surface area contributed by atoms with Crippen molar-refractivity contribution in [2.45, 2.75) is 31.4 Å². The van der Waals surface area contributed by atoms with Gasteiger partial charge in [0.05, 0.1) is 11.6 Å². The van der Waals surface area contributed by atoms with E-state index >= 15 is 0 Å². The van der Waals surface area contributed by atoms with Crippen LogP contribution in [0, 0.1) is 5.82 Å².